The fourth-order valence-corrected chi connectivity index (χ4v) is 3.75. The average Bonchev–Trinajstić information content (AvgIpc) is 2.44. The highest BCUT2D eigenvalue weighted by molar-refractivity contribution is 5.31. The van der Waals surface area contributed by atoms with Gasteiger partial charge in [0.15, 0.2) is 0 Å². The van der Waals surface area contributed by atoms with E-state index in [4.69, 9.17) is 10.5 Å². The van der Waals surface area contributed by atoms with Crippen LogP contribution in [0, 0.1) is 11.8 Å². The van der Waals surface area contributed by atoms with Crippen molar-refractivity contribution >= 4 is 0 Å². The van der Waals surface area contributed by atoms with Gasteiger partial charge < -0.3 is 10.5 Å². The molecule has 0 bridgehead atoms. The SMILES string of the molecule is COc1cccc(C(C(C)N)N2CC(C)CC(C)C2C)c1. The summed E-state index contributed by atoms with van der Waals surface area (Å²) >= 11 is 0. The number of ether oxygens (including phenoxy) is 1. The van der Waals surface area contributed by atoms with Crippen LogP contribution in [0.15, 0.2) is 24.3 Å². The molecule has 1 saturated heterocycles. The van der Waals surface area contributed by atoms with E-state index in [1.54, 1.807) is 7.11 Å². The Hall–Kier alpha value is -1.06. The number of benzene rings is 1. The smallest absolute Gasteiger partial charge is 0.119 e. The summed E-state index contributed by atoms with van der Waals surface area (Å²) in [5.74, 6) is 2.34. The fraction of sp³-hybridized carbons (Fsp3) is 0.667. The summed E-state index contributed by atoms with van der Waals surface area (Å²) in [4.78, 5) is 2.60. The Balaban J connectivity index is 2.33. The van der Waals surface area contributed by atoms with Gasteiger partial charge in [0.2, 0.25) is 0 Å². The van der Waals surface area contributed by atoms with E-state index in [1.165, 1.54) is 12.0 Å². The average molecular weight is 290 g/mol. The number of nitrogens with two attached hydrogens (primary N) is 1. The van der Waals surface area contributed by atoms with Gasteiger partial charge in [-0.15, -0.1) is 0 Å². The quantitative estimate of drug-likeness (QED) is 0.923. The van der Waals surface area contributed by atoms with Gasteiger partial charge >= 0.3 is 0 Å². The van der Waals surface area contributed by atoms with E-state index in [1.807, 2.05) is 6.07 Å². The Labute approximate surface area is 129 Å². The Morgan fingerprint density at radius 1 is 1.29 bits per heavy atom. The van der Waals surface area contributed by atoms with Crippen LogP contribution in [0.25, 0.3) is 0 Å². The van der Waals surface area contributed by atoms with Crippen LogP contribution in [0.3, 0.4) is 0 Å². The molecule has 0 spiro atoms. The largest absolute Gasteiger partial charge is 0.497 e. The number of methoxy groups -OCH3 is 1. The fourth-order valence-electron chi connectivity index (χ4n) is 3.75. The minimum absolute atomic E-state index is 0.0945. The van der Waals surface area contributed by atoms with Gasteiger partial charge in [0.25, 0.3) is 0 Å². The van der Waals surface area contributed by atoms with Crippen molar-refractivity contribution < 1.29 is 4.74 Å². The zero-order valence-electron chi connectivity index (χ0n) is 14.0. The van der Waals surface area contributed by atoms with Gasteiger partial charge in [0.05, 0.1) is 13.2 Å². The maximum atomic E-state index is 6.36. The summed E-state index contributed by atoms with van der Waals surface area (Å²) in [5, 5.41) is 0. The first-order valence-corrected chi connectivity index (χ1v) is 8.09. The Kier molecular flexibility index (Phi) is 5.28. The lowest BCUT2D eigenvalue weighted by atomic mass is 9.83. The normalized spacial score (nSPS) is 29.9. The third-order valence-corrected chi connectivity index (χ3v) is 4.93. The monoisotopic (exact) mass is 290 g/mol. The van der Waals surface area contributed by atoms with E-state index in [0.717, 1.165) is 18.2 Å². The second kappa shape index (κ2) is 6.80. The van der Waals surface area contributed by atoms with Crippen molar-refractivity contribution in [1.29, 1.82) is 0 Å². The molecular weight excluding hydrogens is 260 g/mol. The van der Waals surface area contributed by atoms with E-state index >= 15 is 0 Å². The minimum atomic E-state index is 0.0945. The molecule has 118 valence electrons. The van der Waals surface area contributed by atoms with Crippen LogP contribution < -0.4 is 10.5 Å². The van der Waals surface area contributed by atoms with Crippen molar-refractivity contribution in [1.82, 2.24) is 4.90 Å². The lowest BCUT2D eigenvalue weighted by Crippen LogP contribution is -2.51. The minimum Gasteiger partial charge on any atom is -0.497 e. The molecule has 0 amide bonds. The predicted molar refractivity (Wildman–Crippen MR) is 88.5 cm³/mol. The Morgan fingerprint density at radius 3 is 2.62 bits per heavy atom. The highest BCUT2D eigenvalue weighted by Gasteiger charge is 2.35. The van der Waals surface area contributed by atoms with Crippen molar-refractivity contribution in [2.45, 2.75) is 52.2 Å². The van der Waals surface area contributed by atoms with Gasteiger partial charge in [-0.05, 0) is 49.8 Å². The van der Waals surface area contributed by atoms with Crippen molar-refractivity contribution in [2.75, 3.05) is 13.7 Å². The van der Waals surface area contributed by atoms with Crippen molar-refractivity contribution in [3.63, 3.8) is 0 Å². The molecule has 1 aromatic carbocycles. The maximum Gasteiger partial charge on any atom is 0.119 e. The number of piperidine rings is 1. The standard InChI is InChI=1S/C18H30N2O/c1-12-9-13(2)15(4)20(11-12)18(14(3)19)16-7-6-8-17(10-16)21-5/h6-8,10,12-15,18H,9,11,19H2,1-5H3. The molecule has 1 aliphatic rings. The van der Waals surface area contributed by atoms with Crippen LogP contribution in [-0.2, 0) is 0 Å². The second-order valence-electron chi connectivity index (χ2n) is 6.84. The maximum absolute atomic E-state index is 6.36. The molecule has 1 heterocycles. The predicted octanol–water partition coefficient (Wildman–Crippen LogP) is 3.45. The van der Waals surface area contributed by atoms with Crippen LogP contribution in [0.5, 0.6) is 5.75 Å². The number of nitrogens with zero attached hydrogens (tertiary/aromatic N) is 1. The molecule has 2 rings (SSSR count). The van der Waals surface area contributed by atoms with Gasteiger partial charge in [-0.3, -0.25) is 4.90 Å². The molecule has 3 heteroatoms. The number of hydrogen-bond donors (Lipinski definition) is 1. The van der Waals surface area contributed by atoms with Crippen LogP contribution in [-0.4, -0.2) is 30.6 Å². The van der Waals surface area contributed by atoms with E-state index in [-0.39, 0.29) is 12.1 Å². The van der Waals surface area contributed by atoms with Gasteiger partial charge in [-0.2, -0.15) is 0 Å². The molecule has 0 aromatic heterocycles. The van der Waals surface area contributed by atoms with Crippen LogP contribution in [0.4, 0.5) is 0 Å². The van der Waals surface area contributed by atoms with Crippen molar-refractivity contribution in [2.24, 2.45) is 17.6 Å². The molecule has 1 fully saturated rings. The zero-order chi connectivity index (χ0) is 15.6. The first-order chi connectivity index (χ1) is 9.93. The van der Waals surface area contributed by atoms with E-state index in [0.29, 0.717) is 12.0 Å². The number of likely N-dealkylation sites (tertiary alicyclic amines) is 1. The van der Waals surface area contributed by atoms with Gasteiger partial charge in [0, 0.05) is 18.6 Å². The summed E-state index contributed by atoms with van der Waals surface area (Å²) in [7, 11) is 1.72. The molecule has 0 saturated carbocycles. The highest BCUT2D eigenvalue weighted by atomic mass is 16.5. The van der Waals surface area contributed by atoms with E-state index < -0.39 is 0 Å². The molecule has 5 atom stereocenters. The van der Waals surface area contributed by atoms with Gasteiger partial charge in [0.1, 0.15) is 5.75 Å². The first kappa shape index (κ1) is 16.3. The van der Waals surface area contributed by atoms with Gasteiger partial charge in [-0.25, -0.2) is 0 Å². The zero-order valence-corrected chi connectivity index (χ0v) is 14.0. The summed E-state index contributed by atoms with van der Waals surface area (Å²) in [6, 6.07) is 9.26. The first-order valence-electron chi connectivity index (χ1n) is 8.09. The Morgan fingerprint density at radius 2 is 2.00 bits per heavy atom. The molecule has 1 aromatic rings. The number of hydrogen-bond acceptors (Lipinski definition) is 3. The topological polar surface area (TPSA) is 38.5 Å². The summed E-state index contributed by atoms with van der Waals surface area (Å²) < 4.78 is 5.38. The lowest BCUT2D eigenvalue weighted by Gasteiger charge is -2.46. The van der Waals surface area contributed by atoms with E-state index in [2.05, 4.69) is 50.8 Å². The molecule has 3 nitrogen and oxygen atoms in total. The highest BCUT2D eigenvalue weighted by Crippen LogP contribution is 2.35. The van der Waals surface area contributed by atoms with Crippen LogP contribution in [0.2, 0.25) is 0 Å². The molecular formula is C18H30N2O. The second-order valence-corrected chi connectivity index (χ2v) is 6.84. The molecule has 0 aliphatic carbocycles. The number of rotatable bonds is 4. The molecule has 0 radical (unpaired) electrons. The van der Waals surface area contributed by atoms with Crippen molar-refractivity contribution in [3.8, 4) is 5.75 Å². The van der Waals surface area contributed by atoms with Gasteiger partial charge in [-0.1, -0.05) is 26.0 Å². The summed E-state index contributed by atoms with van der Waals surface area (Å²) in [6.07, 6.45) is 1.31. The molecule has 1 aliphatic heterocycles. The molecule has 5 unspecified atom stereocenters. The summed E-state index contributed by atoms with van der Waals surface area (Å²) in [5.41, 5.74) is 7.62. The Bertz CT molecular complexity index is 460. The molecule has 2 N–H and O–H groups in total. The van der Waals surface area contributed by atoms with Crippen molar-refractivity contribution in [3.05, 3.63) is 29.8 Å². The summed E-state index contributed by atoms with van der Waals surface area (Å²) in [6.45, 7) is 10.3. The third kappa shape index (κ3) is 3.58. The van der Waals surface area contributed by atoms with Crippen LogP contribution >= 0.6 is 0 Å². The molecule has 21 heavy (non-hydrogen) atoms. The van der Waals surface area contributed by atoms with E-state index in [9.17, 15) is 0 Å². The lowest BCUT2D eigenvalue weighted by molar-refractivity contribution is 0.0314. The third-order valence-electron chi connectivity index (χ3n) is 4.93. The van der Waals surface area contributed by atoms with Crippen LogP contribution in [0.1, 0.15) is 45.7 Å².